The average molecular weight is 652 g/mol. The van der Waals surface area contributed by atoms with Crippen molar-refractivity contribution in [1.29, 1.82) is 0 Å². The predicted octanol–water partition coefficient (Wildman–Crippen LogP) is 7.51. The van der Waals surface area contributed by atoms with Gasteiger partial charge in [0.05, 0.1) is 30.2 Å². The second-order valence-corrected chi connectivity index (χ2v) is 12.8. The van der Waals surface area contributed by atoms with Gasteiger partial charge in [0.2, 0.25) is 0 Å². The molecule has 0 aliphatic carbocycles. The topological polar surface area (TPSA) is 75.7 Å². The van der Waals surface area contributed by atoms with Gasteiger partial charge >= 0.3 is 5.97 Å². The Morgan fingerprint density at radius 3 is 2.29 bits per heavy atom. The summed E-state index contributed by atoms with van der Waals surface area (Å²) in [5.74, 6) is -0.882. The van der Waals surface area contributed by atoms with Gasteiger partial charge in [-0.2, -0.15) is 0 Å². The Bertz CT molecular complexity index is 1690. The number of nitrogens with one attached hydrogen (secondary N) is 1. The Balaban J connectivity index is 1.73. The first-order valence-corrected chi connectivity index (χ1v) is 15.6. The lowest BCUT2D eigenvalue weighted by molar-refractivity contribution is -0.141. The highest BCUT2D eigenvalue weighted by molar-refractivity contribution is 9.10. The number of hydrogen-bond acceptors (Lipinski definition) is 5. The van der Waals surface area contributed by atoms with Crippen LogP contribution < -0.4 is 4.83 Å². The molecule has 0 amide bonds. The molecule has 5 rings (SSSR count). The molecule has 4 aromatic carbocycles. The first-order chi connectivity index (χ1) is 19.7. The van der Waals surface area contributed by atoms with Crippen LogP contribution in [0.15, 0.2) is 106 Å². The Kier molecular flexibility index (Phi) is 8.66. The van der Waals surface area contributed by atoms with E-state index >= 15 is 0 Å². The molecule has 0 radical (unpaired) electrons. The van der Waals surface area contributed by atoms with Crippen molar-refractivity contribution in [3.05, 3.63) is 134 Å². The fourth-order valence-corrected chi connectivity index (χ4v) is 6.51. The number of rotatable bonds is 8. The summed E-state index contributed by atoms with van der Waals surface area (Å²) in [6.07, 6.45) is 1.97. The maximum Gasteiger partial charge on any atom is 0.306 e. The molecule has 4 aromatic rings. The molecular weight excluding hydrogens is 624 g/mol. The van der Waals surface area contributed by atoms with Crippen molar-refractivity contribution in [2.45, 2.75) is 30.2 Å². The molecule has 0 spiro atoms. The summed E-state index contributed by atoms with van der Waals surface area (Å²) in [5, 5.41) is 2.23. The van der Waals surface area contributed by atoms with Crippen LogP contribution in [0.1, 0.15) is 46.2 Å². The van der Waals surface area contributed by atoms with Crippen molar-refractivity contribution in [3.8, 4) is 0 Å². The summed E-state index contributed by atoms with van der Waals surface area (Å²) in [5.41, 5.74) is 4.97. The number of sulfonamides is 1. The summed E-state index contributed by atoms with van der Waals surface area (Å²) in [6, 6.07) is 28.8. The molecule has 6 nitrogen and oxygen atoms in total. The third-order valence-corrected chi connectivity index (χ3v) is 9.24. The van der Waals surface area contributed by atoms with Crippen molar-refractivity contribution in [2.75, 3.05) is 7.11 Å². The van der Waals surface area contributed by atoms with Gasteiger partial charge in [0.1, 0.15) is 0 Å². The number of halogens is 2. The second-order valence-electron chi connectivity index (χ2n) is 9.83. The van der Waals surface area contributed by atoms with Gasteiger partial charge in [-0.05, 0) is 71.7 Å². The van der Waals surface area contributed by atoms with Crippen molar-refractivity contribution in [1.82, 2.24) is 9.84 Å². The number of benzene rings is 4. The van der Waals surface area contributed by atoms with Gasteiger partial charge in [-0.1, -0.05) is 93.8 Å². The SMILES string of the molecule is COC(=O)CC(c1ccc(Br)cc1)C1c2ccccc2C=C(c2ccc(Cl)cc2)N1NS(=O)(=O)c1ccc(C)cc1. The van der Waals surface area contributed by atoms with Crippen molar-refractivity contribution in [2.24, 2.45) is 0 Å². The monoisotopic (exact) mass is 650 g/mol. The molecule has 0 aromatic heterocycles. The zero-order chi connectivity index (χ0) is 29.1. The number of ether oxygens (including phenoxy) is 1. The lowest BCUT2D eigenvalue weighted by Gasteiger charge is -2.43. The molecule has 0 saturated carbocycles. The molecule has 2 atom stereocenters. The molecule has 41 heavy (non-hydrogen) atoms. The number of carbonyl (C=O) groups excluding carboxylic acids is 1. The minimum Gasteiger partial charge on any atom is -0.469 e. The highest BCUT2D eigenvalue weighted by atomic mass is 79.9. The van der Waals surface area contributed by atoms with E-state index in [1.165, 1.54) is 7.11 Å². The maximum absolute atomic E-state index is 13.9. The number of hydrogen-bond donors (Lipinski definition) is 1. The lowest BCUT2D eigenvalue weighted by Crippen LogP contribution is -2.46. The van der Waals surface area contributed by atoms with Crippen LogP contribution in [-0.2, 0) is 19.6 Å². The van der Waals surface area contributed by atoms with Crippen LogP contribution in [0.25, 0.3) is 11.8 Å². The molecule has 0 saturated heterocycles. The largest absolute Gasteiger partial charge is 0.469 e. The fourth-order valence-electron chi connectivity index (χ4n) is 5.05. The molecule has 210 valence electrons. The molecule has 0 bridgehead atoms. The van der Waals surface area contributed by atoms with E-state index in [0.717, 1.165) is 32.3 Å². The van der Waals surface area contributed by atoms with Crippen LogP contribution in [0.4, 0.5) is 0 Å². The minimum absolute atomic E-state index is 0.0216. The van der Waals surface area contributed by atoms with E-state index in [4.69, 9.17) is 16.3 Å². The lowest BCUT2D eigenvalue weighted by atomic mass is 9.80. The van der Waals surface area contributed by atoms with Gasteiger partial charge in [0, 0.05) is 15.4 Å². The second kappa shape index (κ2) is 12.2. The zero-order valence-corrected chi connectivity index (χ0v) is 25.6. The number of esters is 1. The Hall–Kier alpha value is -3.43. The van der Waals surface area contributed by atoms with E-state index < -0.39 is 28.0 Å². The quantitative estimate of drug-likeness (QED) is 0.200. The smallest absolute Gasteiger partial charge is 0.306 e. The molecule has 1 aliphatic rings. The first kappa shape index (κ1) is 29.1. The maximum atomic E-state index is 13.9. The summed E-state index contributed by atoms with van der Waals surface area (Å²) >= 11 is 9.71. The van der Waals surface area contributed by atoms with Crippen LogP contribution in [0.3, 0.4) is 0 Å². The van der Waals surface area contributed by atoms with E-state index in [0.29, 0.717) is 10.7 Å². The van der Waals surface area contributed by atoms with E-state index in [9.17, 15) is 13.2 Å². The van der Waals surface area contributed by atoms with Crippen molar-refractivity contribution >= 4 is 55.3 Å². The number of nitrogens with zero attached hydrogens (tertiary/aromatic N) is 1. The summed E-state index contributed by atoms with van der Waals surface area (Å²) in [4.78, 5) is 15.8. The number of fused-ring (bicyclic) bond motifs is 1. The average Bonchev–Trinajstić information content (AvgIpc) is 2.97. The van der Waals surface area contributed by atoms with Gasteiger partial charge in [-0.3, -0.25) is 9.80 Å². The zero-order valence-electron chi connectivity index (χ0n) is 22.4. The van der Waals surface area contributed by atoms with E-state index in [1.807, 2.05) is 73.7 Å². The van der Waals surface area contributed by atoms with Crippen LogP contribution in [0, 0.1) is 6.92 Å². The highest BCUT2D eigenvalue weighted by Crippen LogP contribution is 2.46. The molecule has 1 N–H and O–H groups in total. The summed E-state index contributed by atoms with van der Waals surface area (Å²) in [7, 11) is -2.68. The van der Waals surface area contributed by atoms with Gasteiger partial charge in [0.25, 0.3) is 10.0 Å². The summed E-state index contributed by atoms with van der Waals surface area (Å²) < 4.78 is 33.8. The molecular formula is C32H28BrClN2O4S. The summed E-state index contributed by atoms with van der Waals surface area (Å²) in [6.45, 7) is 1.90. The number of hydrazine groups is 1. The Labute approximate surface area is 253 Å². The van der Waals surface area contributed by atoms with Gasteiger partial charge in [-0.15, -0.1) is 4.83 Å². The standard InChI is InChI=1S/C32H28BrClN2O4S/c1-21-7-17-27(18-8-21)41(38,39)35-36-30(23-11-15-26(34)16-12-23)19-24-5-3-4-6-28(24)32(36)29(20-31(37)40-2)22-9-13-25(33)14-10-22/h3-19,29,32,35H,20H2,1-2H3. The van der Waals surface area contributed by atoms with Crippen LogP contribution in [-0.4, -0.2) is 26.5 Å². The third-order valence-electron chi connectivity index (χ3n) is 7.13. The minimum atomic E-state index is -4.03. The Morgan fingerprint density at radius 1 is 0.976 bits per heavy atom. The predicted molar refractivity (Wildman–Crippen MR) is 165 cm³/mol. The molecule has 2 unspecified atom stereocenters. The van der Waals surface area contributed by atoms with E-state index in [1.54, 1.807) is 41.4 Å². The van der Waals surface area contributed by atoms with Gasteiger partial charge in [0.15, 0.2) is 0 Å². The fraction of sp³-hybridized carbons (Fsp3) is 0.156. The van der Waals surface area contributed by atoms with Crippen molar-refractivity contribution < 1.29 is 17.9 Å². The number of aryl methyl sites for hydroxylation is 1. The highest BCUT2D eigenvalue weighted by Gasteiger charge is 2.39. The van der Waals surface area contributed by atoms with Crippen LogP contribution >= 0.6 is 27.5 Å². The van der Waals surface area contributed by atoms with Gasteiger partial charge < -0.3 is 4.74 Å². The van der Waals surface area contributed by atoms with Crippen molar-refractivity contribution in [3.63, 3.8) is 0 Å². The Morgan fingerprint density at radius 2 is 1.63 bits per heavy atom. The van der Waals surface area contributed by atoms with Crippen LogP contribution in [0.2, 0.25) is 5.02 Å². The number of carbonyl (C=O) groups is 1. The first-order valence-electron chi connectivity index (χ1n) is 12.9. The normalized spacial score (nSPS) is 15.6. The van der Waals surface area contributed by atoms with Gasteiger partial charge in [-0.25, -0.2) is 8.42 Å². The molecule has 1 heterocycles. The molecule has 9 heteroatoms. The third kappa shape index (κ3) is 6.41. The molecule has 0 fully saturated rings. The number of methoxy groups -OCH3 is 1. The van der Waals surface area contributed by atoms with E-state index in [2.05, 4.69) is 20.8 Å². The molecule has 1 aliphatic heterocycles. The van der Waals surface area contributed by atoms with Crippen LogP contribution in [0.5, 0.6) is 0 Å². The van der Waals surface area contributed by atoms with E-state index in [-0.39, 0.29) is 11.3 Å².